The van der Waals surface area contributed by atoms with E-state index in [4.69, 9.17) is 4.74 Å². The van der Waals surface area contributed by atoms with Crippen LogP contribution in [0.15, 0.2) is 85.5 Å². The standard InChI is InChI=1S/C34H37N5O6/c1-3-19-37-23-32(42)38-29(20-25-13-16-27(40)17-14-25)33(43)36(21-26-11-8-12-28(35-26)34(44)45-4-2)22-30(38)39(37)31(41)18-15-24-9-6-5-7-10-24/h3,5-14,16-17,29-30,40H,1,4,15,18-23H2,2H3/t29-,30-/m0/s1. The van der Waals surface area contributed by atoms with Gasteiger partial charge in [-0.25, -0.2) is 19.8 Å². The van der Waals surface area contributed by atoms with Crippen LogP contribution in [0.5, 0.6) is 5.75 Å². The van der Waals surface area contributed by atoms with Gasteiger partial charge in [0, 0.05) is 19.4 Å². The van der Waals surface area contributed by atoms with Crippen LogP contribution < -0.4 is 0 Å². The van der Waals surface area contributed by atoms with E-state index in [1.807, 2.05) is 30.3 Å². The second-order valence-electron chi connectivity index (χ2n) is 11.0. The van der Waals surface area contributed by atoms with Gasteiger partial charge in [0.2, 0.25) is 17.7 Å². The molecule has 0 saturated carbocycles. The summed E-state index contributed by atoms with van der Waals surface area (Å²) < 4.78 is 5.10. The molecule has 0 spiro atoms. The molecular weight excluding hydrogens is 574 g/mol. The molecule has 0 radical (unpaired) electrons. The number of aromatic nitrogens is 1. The molecule has 0 bridgehead atoms. The van der Waals surface area contributed by atoms with Gasteiger partial charge in [-0.3, -0.25) is 14.4 Å². The molecule has 2 aliphatic rings. The largest absolute Gasteiger partial charge is 0.508 e. The molecule has 2 aliphatic heterocycles. The zero-order valence-electron chi connectivity index (χ0n) is 25.2. The van der Waals surface area contributed by atoms with Gasteiger partial charge < -0.3 is 19.6 Å². The minimum absolute atomic E-state index is 0.0483. The molecule has 2 aromatic carbocycles. The third-order valence-electron chi connectivity index (χ3n) is 7.91. The highest BCUT2D eigenvalue weighted by Crippen LogP contribution is 2.30. The SMILES string of the molecule is C=CCN1CC(=O)N2[C@@H](Cc3ccc(O)cc3)C(=O)N(Cc3cccc(C(=O)OCC)n3)C[C@@H]2N1C(=O)CCc1ccccc1. The van der Waals surface area contributed by atoms with Crippen molar-refractivity contribution < 1.29 is 29.0 Å². The number of aryl methyl sites for hydroxylation is 1. The van der Waals surface area contributed by atoms with E-state index in [2.05, 4.69) is 11.6 Å². The summed E-state index contributed by atoms with van der Waals surface area (Å²) >= 11 is 0. The Morgan fingerprint density at radius 2 is 1.78 bits per heavy atom. The normalized spacial score (nSPS) is 18.5. The number of hydrogen-bond donors (Lipinski definition) is 1. The monoisotopic (exact) mass is 611 g/mol. The molecule has 2 fully saturated rings. The minimum atomic E-state index is -0.913. The fraction of sp³-hybridized carbons (Fsp3) is 0.324. The number of esters is 1. The van der Waals surface area contributed by atoms with Crippen LogP contribution in [-0.4, -0.2) is 92.0 Å². The Balaban J connectivity index is 1.49. The number of ether oxygens (including phenoxy) is 1. The zero-order valence-corrected chi connectivity index (χ0v) is 25.2. The quantitative estimate of drug-likeness (QED) is 0.259. The summed E-state index contributed by atoms with van der Waals surface area (Å²) in [6.07, 6.45) is 1.77. The van der Waals surface area contributed by atoms with Crippen molar-refractivity contribution in [1.82, 2.24) is 24.8 Å². The number of carbonyl (C=O) groups is 4. The number of pyridine rings is 1. The van der Waals surface area contributed by atoms with Crippen LogP contribution in [0.4, 0.5) is 0 Å². The van der Waals surface area contributed by atoms with E-state index >= 15 is 0 Å². The number of rotatable bonds is 11. The molecule has 234 valence electrons. The highest BCUT2D eigenvalue weighted by Gasteiger charge is 2.51. The van der Waals surface area contributed by atoms with Crippen molar-refractivity contribution in [3.05, 3.63) is 108 Å². The Labute approximate surface area is 262 Å². The Hall–Kier alpha value is -5.03. The second-order valence-corrected chi connectivity index (χ2v) is 11.0. The van der Waals surface area contributed by atoms with Gasteiger partial charge in [-0.15, -0.1) is 6.58 Å². The Bertz CT molecular complexity index is 1550. The minimum Gasteiger partial charge on any atom is -0.508 e. The lowest BCUT2D eigenvalue weighted by Gasteiger charge is -2.55. The Morgan fingerprint density at radius 1 is 1.02 bits per heavy atom. The number of aromatic hydroxyl groups is 1. The number of benzene rings is 2. The van der Waals surface area contributed by atoms with Crippen LogP contribution in [0, 0.1) is 0 Å². The maximum Gasteiger partial charge on any atom is 0.356 e. The molecule has 0 unspecified atom stereocenters. The third-order valence-corrected chi connectivity index (χ3v) is 7.91. The van der Waals surface area contributed by atoms with Crippen LogP contribution in [0.25, 0.3) is 0 Å². The van der Waals surface area contributed by atoms with Crippen molar-refractivity contribution in [2.45, 2.75) is 44.9 Å². The van der Waals surface area contributed by atoms with Crippen molar-refractivity contribution in [1.29, 1.82) is 0 Å². The summed E-state index contributed by atoms with van der Waals surface area (Å²) in [6.45, 7) is 6.04. The van der Waals surface area contributed by atoms with E-state index < -0.39 is 18.2 Å². The zero-order chi connectivity index (χ0) is 31.9. The van der Waals surface area contributed by atoms with Crippen molar-refractivity contribution in [3.8, 4) is 5.75 Å². The highest BCUT2D eigenvalue weighted by molar-refractivity contribution is 5.92. The number of phenolic OH excluding ortho intramolecular Hbond substituents is 1. The number of carbonyl (C=O) groups excluding carboxylic acids is 4. The van der Waals surface area contributed by atoms with Gasteiger partial charge in [0.25, 0.3) is 0 Å². The number of hydrogen-bond acceptors (Lipinski definition) is 8. The molecule has 45 heavy (non-hydrogen) atoms. The number of hydrazine groups is 1. The van der Waals surface area contributed by atoms with Gasteiger partial charge in [-0.1, -0.05) is 54.6 Å². The number of piperazine rings is 1. The van der Waals surface area contributed by atoms with Crippen LogP contribution in [0.3, 0.4) is 0 Å². The molecule has 11 heteroatoms. The smallest absolute Gasteiger partial charge is 0.356 e. The van der Waals surface area contributed by atoms with E-state index in [0.717, 1.165) is 11.1 Å². The van der Waals surface area contributed by atoms with E-state index in [-0.39, 0.29) is 74.8 Å². The van der Waals surface area contributed by atoms with E-state index in [1.165, 1.54) is 17.0 Å². The fourth-order valence-corrected chi connectivity index (χ4v) is 5.85. The second kappa shape index (κ2) is 14.2. The molecule has 3 heterocycles. The summed E-state index contributed by atoms with van der Waals surface area (Å²) in [5.74, 6) is -1.22. The molecule has 2 atom stereocenters. The van der Waals surface area contributed by atoms with Gasteiger partial charge in [-0.2, -0.15) is 0 Å². The predicted octanol–water partition coefficient (Wildman–Crippen LogP) is 2.95. The first-order valence-electron chi connectivity index (χ1n) is 15.0. The van der Waals surface area contributed by atoms with Gasteiger partial charge >= 0.3 is 5.97 Å². The van der Waals surface area contributed by atoms with Gasteiger partial charge in [-0.05, 0) is 48.7 Å². The van der Waals surface area contributed by atoms with E-state index in [9.17, 15) is 24.3 Å². The average molecular weight is 612 g/mol. The first-order valence-corrected chi connectivity index (χ1v) is 15.0. The summed E-state index contributed by atoms with van der Waals surface area (Å²) in [7, 11) is 0. The van der Waals surface area contributed by atoms with Crippen LogP contribution in [-0.2, 0) is 38.5 Å². The van der Waals surface area contributed by atoms with Gasteiger partial charge in [0.1, 0.15) is 23.7 Å². The number of nitrogens with zero attached hydrogens (tertiary/aromatic N) is 5. The Morgan fingerprint density at radius 3 is 2.49 bits per heavy atom. The van der Waals surface area contributed by atoms with Crippen molar-refractivity contribution in [3.63, 3.8) is 0 Å². The molecule has 3 amide bonds. The van der Waals surface area contributed by atoms with Crippen LogP contribution in [0.1, 0.15) is 40.7 Å². The van der Waals surface area contributed by atoms with Gasteiger partial charge in [0.15, 0.2) is 0 Å². The first-order chi connectivity index (χ1) is 21.8. The van der Waals surface area contributed by atoms with Crippen molar-refractivity contribution >= 4 is 23.7 Å². The third kappa shape index (κ3) is 7.21. The maximum atomic E-state index is 14.1. The summed E-state index contributed by atoms with van der Waals surface area (Å²) in [4.78, 5) is 61.8. The molecule has 1 N–H and O–H groups in total. The van der Waals surface area contributed by atoms with Crippen molar-refractivity contribution in [2.24, 2.45) is 0 Å². The average Bonchev–Trinajstić information content (AvgIpc) is 3.04. The van der Waals surface area contributed by atoms with Crippen molar-refractivity contribution in [2.75, 3.05) is 26.2 Å². The molecule has 1 aromatic heterocycles. The number of phenols is 1. The number of amides is 3. The molecule has 5 rings (SSSR count). The predicted molar refractivity (Wildman–Crippen MR) is 165 cm³/mol. The maximum absolute atomic E-state index is 14.1. The summed E-state index contributed by atoms with van der Waals surface area (Å²) in [5.41, 5.74) is 2.36. The van der Waals surface area contributed by atoms with Crippen LogP contribution in [0.2, 0.25) is 0 Å². The summed E-state index contributed by atoms with van der Waals surface area (Å²) in [5, 5.41) is 13.1. The van der Waals surface area contributed by atoms with E-state index in [0.29, 0.717) is 12.1 Å². The fourth-order valence-electron chi connectivity index (χ4n) is 5.85. The molecular formula is C34H37N5O6. The lowest BCUT2D eigenvalue weighted by atomic mass is 9.98. The molecule has 3 aromatic rings. The lowest BCUT2D eigenvalue weighted by Crippen LogP contribution is -2.75. The summed E-state index contributed by atoms with van der Waals surface area (Å²) in [6, 6.07) is 20.2. The molecule has 2 saturated heterocycles. The molecule has 0 aliphatic carbocycles. The first kappa shape index (κ1) is 31.4. The highest BCUT2D eigenvalue weighted by atomic mass is 16.5. The lowest BCUT2D eigenvalue weighted by molar-refractivity contribution is -0.205. The van der Waals surface area contributed by atoms with E-state index in [1.54, 1.807) is 58.2 Å². The topological polar surface area (TPSA) is 124 Å². The van der Waals surface area contributed by atoms with Gasteiger partial charge in [0.05, 0.1) is 31.9 Å². The molecule has 11 nitrogen and oxygen atoms in total. The van der Waals surface area contributed by atoms with Crippen LogP contribution >= 0.6 is 0 Å². The number of fused-ring (bicyclic) bond motifs is 1. The Kier molecular flexibility index (Phi) is 9.89.